The zero-order valence-corrected chi connectivity index (χ0v) is 17.4. The molecule has 2 aromatic carbocycles. The minimum Gasteiger partial charge on any atom is -0.497 e. The van der Waals surface area contributed by atoms with Gasteiger partial charge in [-0.3, -0.25) is 10.00 Å². The van der Waals surface area contributed by atoms with Crippen LogP contribution < -0.4 is 9.47 Å². The molecule has 0 unspecified atom stereocenters. The molecule has 1 aliphatic rings. The molecule has 1 atom stereocenters. The Morgan fingerprint density at radius 1 is 1.07 bits per heavy atom. The maximum atomic E-state index is 5.99. The molecular weight excluding hydrogens is 378 g/mol. The predicted octanol–water partition coefficient (Wildman–Crippen LogP) is 3.66. The number of H-pyrrole nitrogens is 1. The average Bonchev–Trinajstić information content (AvgIpc) is 3.28. The summed E-state index contributed by atoms with van der Waals surface area (Å²) in [7, 11) is 1.66. The number of methoxy groups -OCH3 is 1. The van der Waals surface area contributed by atoms with Gasteiger partial charge in [-0.2, -0.15) is 5.10 Å². The molecule has 0 radical (unpaired) electrons. The Labute approximate surface area is 177 Å². The van der Waals surface area contributed by atoms with E-state index in [1.54, 1.807) is 7.11 Å². The summed E-state index contributed by atoms with van der Waals surface area (Å²) in [4.78, 5) is 2.46. The Kier molecular flexibility index (Phi) is 7.00. The van der Waals surface area contributed by atoms with Crippen molar-refractivity contribution >= 4 is 0 Å². The first kappa shape index (κ1) is 20.4. The molecule has 30 heavy (non-hydrogen) atoms. The third-order valence-corrected chi connectivity index (χ3v) is 5.39. The van der Waals surface area contributed by atoms with Crippen LogP contribution in [0.5, 0.6) is 11.5 Å². The minimum atomic E-state index is 0.0158. The van der Waals surface area contributed by atoms with Crippen LogP contribution in [0.4, 0.5) is 0 Å². The summed E-state index contributed by atoms with van der Waals surface area (Å²) in [6.45, 7) is 4.21. The van der Waals surface area contributed by atoms with Crippen molar-refractivity contribution in [1.82, 2.24) is 15.1 Å². The third-order valence-electron chi connectivity index (χ3n) is 5.39. The number of nitrogens with zero attached hydrogens (tertiary/aromatic N) is 2. The second kappa shape index (κ2) is 10.3. The third kappa shape index (κ3) is 5.62. The van der Waals surface area contributed by atoms with Crippen molar-refractivity contribution in [3.63, 3.8) is 0 Å². The quantitative estimate of drug-likeness (QED) is 0.587. The maximum absolute atomic E-state index is 5.99. The highest BCUT2D eigenvalue weighted by molar-refractivity contribution is 5.31. The molecule has 1 fully saturated rings. The van der Waals surface area contributed by atoms with Gasteiger partial charge in [0.25, 0.3) is 0 Å². The van der Waals surface area contributed by atoms with Gasteiger partial charge in [0.05, 0.1) is 26.0 Å². The minimum absolute atomic E-state index is 0.0158. The fourth-order valence-electron chi connectivity index (χ4n) is 3.64. The fourth-order valence-corrected chi connectivity index (χ4v) is 3.64. The smallest absolute Gasteiger partial charge is 0.119 e. The average molecular weight is 408 g/mol. The lowest BCUT2D eigenvalue weighted by molar-refractivity contribution is -0.0316. The van der Waals surface area contributed by atoms with Crippen LogP contribution in [0.15, 0.2) is 60.7 Å². The molecule has 2 heterocycles. The highest BCUT2D eigenvalue weighted by atomic mass is 16.5. The summed E-state index contributed by atoms with van der Waals surface area (Å²) in [6, 6.07) is 20.4. The van der Waals surface area contributed by atoms with Crippen LogP contribution in [0, 0.1) is 0 Å². The van der Waals surface area contributed by atoms with Crippen molar-refractivity contribution in [1.29, 1.82) is 0 Å². The lowest BCUT2D eigenvalue weighted by Gasteiger charge is -2.32. The van der Waals surface area contributed by atoms with Crippen molar-refractivity contribution in [2.45, 2.75) is 18.9 Å². The van der Waals surface area contributed by atoms with Crippen LogP contribution in [0.2, 0.25) is 0 Å². The molecule has 0 spiro atoms. The molecule has 0 saturated carbocycles. The summed E-state index contributed by atoms with van der Waals surface area (Å²) in [5.74, 6) is 1.66. The zero-order valence-electron chi connectivity index (χ0n) is 17.4. The van der Waals surface area contributed by atoms with Gasteiger partial charge < -0.3 is 14.2 Å². The van der Waals surface area contributed by atoms with E-state index in [1.165, 1.54) is 5.56 Å². The second-order valence-corrected chi connectivity index (χ2v) is 7.49. The van der Waals surface area contributed by atoms with Gasteiger partial charge >= 0.3 is 0 Å². The summed E-state index contributed by atoms with van der Waals surface area (Å²) >= 11 is 0. The van der Waals surface area contributed by atoms with E-state index in [2.05, 4.69) is 51.5 Å². The van der Waals surface area contributed by atoms with Gasteiger partial charge in [-0.25, -0.2) is 0 Å². The van der Waals surface area contributed by atoms with Gasteiger partial charge in [0, 0.05) is 31.7 Å². The van der Waals surface area contributed by atoms with Crippen molar-refractivity contribution < 1.29 is 14.2 Å². The van der Waals surface area contributed by atoms with Gasteiger partial charge in [-0.1, -0.05) is 30.3 Å². The summed E-state index contributed by atoms with van der Waals surface area (Å²) in [5.41, 5.74) is 3.40. The van der Waals surface area contributed by atoms with Crippen LogP contribution >= 0.6 is 0 Å². The first-order chi connectivity index (χ1) is 14.8. The van der Waals surface area contributed by atoms with Crippen molar-refractivity contribution in [3.8, 4) is 11.5 Å². The van der Waals surface area contributed by atoms with Crippen LogP contribution in [0.3, 0.4) is 0 Å². The number of rotatable bonds is 9. The highest BCUT2D eigenvalue weighted by Crippen LogP contribution is 2.22. The van der Waals surface area contributed by atoms with Crippen LogP contribution in [-0.4, -0.2) is 55.1 Å². The largest absolute Gasteiger partial charge is 0.497 e. The second-order valence-electron chi connectivity index (χ2n) is 7.49. The Morgan fingerprint density at radius 2 is 1.87 bits per heavy atom. The Bertz CT molecular complexity index is 896. The molecule has 3 aromatic rings. The highest BCUT2D eigenvalue weighted by Gasteiger charge is 2.23. The van der Waals surface area contributed by atoms with Crippen LogP contribution in [-0.2, 0) is 17.6 Å². The number of nitrogens with one attached hydrogen (secondary N) is 1. The lowest BCUT2D eigenvalue weighted by Crippen LogP contribution is -2.39. The van der Waals surface area contributed by atoms with Gasteiger partial charge in [0.15, 0.2) is 0 Å². The van der Waals surface area contributed by atoms with E-state index < -0.39 is 0 Å². The van der Waals surface area contributed by atoms with Crippen molar-refractivity contribution in [3.05, 3.63) is 77.6 Å². The number of hydrogen-bond acceptors (Lipinski definition) is 5. The summed E-state index contributed by atoms with van der Waals surface area (Å²) in [6.07, 6.45) is 1.84. The number of aromatic amines is 1. The number of morpholine rings is 1. The molecular formula is C24H29N3O3. The molecule has 158 valence electrons. The lowest BCUT2D eigenvalue weighted by atomic mass is 10.1. The van der Waals surface area contributed by atoms with Crippen LogP contribution in [0.1, 0.15) is 23.1 Å². The van der Waals surface area contributed by atoms with E-state index in [0.29, 0.717) is 6.61 Å². The molecule has 4 rings (SSSR count). The molecule has 1 N–H and O–H groups in total. The fraction of sp³-hybridized carbons (Fsp3) is 0.375. The monoisotopic (exact) mass is 407 g/mol. The number of hydrogen-bond donors (Lipinski definition) is 1. The normalized spacial score (nSPS) is 17.0. The first-order valence-electron chi connectivity index (χ1n) is 10.5. The van der Waals surface area contributed by atoms with E-state index in [4.69, 9.17) is 14.2 Å². The Hall–Kier alpha value is -2.83. The summed E-state index contributed by atoms with van der Waals surface area (Å²) in [5, 5.41) is 7.62. The predicted molar refractivity (Wildman–Crippen MR) is 116 cm³/mol. The molecule has 1 saturated heterocycles. The van der Waals surface area contributed by atoms with Crippen molar-refractivity contribution in [2.24, 2.45) is 0 Å². The molecule has 0 amide bonds. The summed E-state index contributed by atoms with van der Waals surface area (Å²) < 4.78 is 17.0. The molecule has 0 bridgehead atoms. The molecule has 6 heteroatoms. The Balaban J connectivity index is 1.24. The molecule has 1 aromatic heterocycles. The molecule has 1 aliphatic heterocycles. The van der Waals surface area contributed by atoms with E-state index in [9.17, 15) is 0 Å². The van der Waals surface area contributed by atoms with E-state index in [0.717, 1.165) is 62.0 Å². The van der Waals surface area contributed by atoms with Gasteiger partial charge in [0.1, 0.15) is 17.6 Å². The molecule has 6 nitrogen and oxygen atoms in total. The van der Waals surface area contributed by atoms with E-state index in [-0.39, 0.29) is 6.10 Å². The van der Waals surface area contributed by atoms with Crippen molar-refractivity contribution in [2.75, 3.05) is 40.0 Å². The Morgan fingerprint density at radius 3 is 2.67 bits per heavy atom. The first-order valence-corrected chi connectivity index (χ1v) is 10.5. The van der Waals surface area contributed by atoms with E-state index in [1.807, 2.05) is 24.3 Å². The van der Waals surface area contributed by atoms with Gasteiger partial charge in [0.2, 0.25) is 0 Å². The number of ether oxygens (including phenoxy) is 3. The SMILES string of the molecule is COc1ccc(OCCc2cc([C@H]3CN(CCc4ccccc4)CCO3)n[nH]2)cc1. The van der Waals surface area contributed by atoms with Gasteiger partial charge in [-0.15, -0.1) is 0 Å². The van der Waals surface area contributed by atoms with Gasteiger partial charge in [-0.05, 0) is 42.3 Å². The number of aromatic nitrogens is 2. The topological polar surface area (TPSA) is 59.6 Å². The van der Waals surface area contributed by atoms with E-state index >= 15 is 0 Å². The number of benzene rings is 2. The standard InChI is InChI=1S/C24H29N3O3/c1-28-21-7-9-22(10-8-21)29-15-12-20-17-23(26-25-20)24-18-27(14-16-30-24)13-11-19-5-3-2-4-6-19/h2-10,17,24H,11-16,18H2,1H3,(H,25,26)/t24-/m1/s1. The molecule has 0 aliphatic carbocycles. The van der Waals surface area contributed by atoms with Crippen LogP contribution in [0.25, 0.3) is 0 Å². The maximum Gasteiger partial charge on any atom is 0.119 e. The zero-order chi connectivity index (χ0) is 20.6.